The number of hydrogen-bond acceptors (Lipinski definition) is 4. The minimum atomic E-state index is 0.0981. The fraction of sp³-hybridized carbons (Fsp3) is 0.600. The van der Waals surface area contributed by atoms with Crippen molar-refractivity contribution in [2.75, 3.05) is 32.7 Å². The zero-order chi connectivity index (χ0) is 22.8. The molecule has 174 valence electrons. The Morgan fingerprint density at radius 1 is 1.12 bits per heavy atom. The number of hydrogen-bond donors (Lipinski definition) is 0. The van der Waals surface area contributed by atoms with Crippen LogP contribution in [0.15, 0.2) is 30.5 Å². The molecule has 2 saturated heterocycles. The molecule has 0 spiro atoms. The molecule has 2 atom stereocenters. The number of aromatic nitrogens is 2. The number of benzene rings is 1. The Bertz CT molecular complexity index is 909. The molecular formula is C25H35ClN4O2. The number of morpholine rings is 1. The Morgan fingerprint density at radius 2 is 1.75 bits per heavy atom. The Balaban J connectivity index is 1.41. The van der Waals surface area contributed by atoms with Gasteiger partial charge in [0.15, 0.2) is 0 Å². The van der Waals surface area contributed by atoms with Crippen molar-refractivity contribution in [3.05, 3.63) is 46.7 Å². The molecule has 2 fully saturated rings. The van der Waals surface area contributed by atoms with Gasteiger partial charge in [-0.1, -0.05) is 25.4 Å². The molecule has 2 aliphatic heterocycles. The number of amides is 1. The van der Waals surface area contributed by atoms with Crippen LogP contribution in [-0.2, 0) is 4.74 Å². The average Bonchev–Trinajstić information content (AvgIpc) is 3.19. The van der Waals surface area contributed by atoms with E-state index >= 15 is 0 Å². The Hall–Kier alpha value is -1.89. The van der Waals surface area contributed by atoms with Crippen molar-refractivity contribution in [3.63, 3.8) is 0 Å². The molecule has 1 amide bonds. The molecule has 1 aromatic carbocycles. The van der Waals surface area contributed by atoms with Gasteiger partial charge in [-0.25, -0.2) is 4.68 Å². The predicted molar refractivity (Wildman–Crippen MR) is 128 cm³/mol. The first-order chi connectivity index (χ1) is 15.3. The van der Waals surface area contributed by atoms with Gasteiger partial charge in [0.25, 0.3) is 5.91 Å². The van der Waals surface area contributed by atoms with Crippen LogP contribution < -0.4 is 0 Å². The minimum absolute atomic E-state index is 0.0981. The van der Waals surface area contributed by atoms with Crippen LogP contribution in [0.25, 0.3) is 5.69 Å². The molecular weight excluding hydrogens is 424 g/mol. The van der Waals surface area contributed by atoms with Crippen LogP contribution in [0.4, 0.5) is 0 Å². The summed E-state index contributed by atoms with van der Waals surface area (Å²) >= 11 is 6.05. The zero-order valence-corrected chi connectivity index (χ0v) is 20.4. The van der Waals surface area contributed by atoms with Crippen LogP contribution in [0.1, 0.15) is 62.5 Å². The van der Waals surface area contributed by atoms with Crippen LogP contribution in [0.3, 0.4) is 0 Å². The number of carbonyl (C=O) groups is 1. The molecule has 0 N–H and O–H groups in total. The molecule has 2 aromatic rings. The molecule has 1 aromatic heterocycles. The van der Waals surface area contributed by atoms with E-state index in [9.17, 15) is 4.79 Å². The summed E-state index contributed by atoms with van der Waals surface area (Å²) in [6.07, 6.45) is 4.43. The van der Waals surface area contributed by atoms with Crippen LogP contribution in [0, 0.1) is 5.92 Å². The van der Waals surface area contributed by atoms with Crippen molar-refractivity contribution in [2.24, 2.45) is 5.92 Å². The normalized spacial score (nSPS) is 23.1. The summed E-state index contributed by atoms with van der Waals surface area (Å²) in [5.41, 5.74) is 2.59. The summed E-state index contributed by atoms with van der Waals surface area (Å²) in [5.74, 6) is 0.911. The largest absolute Gasteiger partial charge is 0.373 e. The van der Waals surface area contributed by atoms with E-state index in [1.165, 1.54) is 0 Å². The van der Waals surface area contributed by atoms with E-state index in [0.717, 1.165) is 56.9 Å². The van der Waals surface area contributed by atoms with E-state index in [4.69, 9.17) is 16.3 Å². The standard InChI is InChI=1S/C25H35ClN4O2/c1-17(2)24-23(13-27-30(24)22-7-5-21(26)6-8-22)25(31)29-11-9-20(10-12-29)16-28-14-18(3)32-19(4)15-28/h5-8,13,17-20H,9-12,14-16H2,1-4H3. The maximum absolute atomic E-state index is 13.4. The van der Waals surface area contributed by atoms with Gasteiger partial charge in [0.2, 0.25) is 0 Å². The predicted octanol–water partition coefficient (Wildman–Crippen LogP) is 4.61. The van der Waals surface area contributed by atoms with Crippen molar-refractivity contribution >= 4 is 17.5 Å². The van der Waals surface area contributed by atoms with Crippen molar-refractivity contribution < 1.29 is 9.53 Å². The number of rotatable bonds is 5. The van der Waals surface area contributed by atoms with Crippen LogP contribution in [-0.4, -0.2) is 70.4 Å². The van der Waals surface area contributed by atoms with Gasteiger partial charge in [-0.05, 0) is 62.8 Å². The van der Waals surface area contributed by atoms with E-state index in [0.29, 0.717) is 28.7 Å². The van der Waals surface area contributed by atoms with E-state index in [1.807, 2.05) is 33.8 Å². The Labute approximate surface area is 196 Å². The number of piperidine rings is 1. The third-order valence-corrected chi connectivity index (χ3v) is 6.82. The lowest BCUT2D eigenvalue weighted by Crippen LogP contribution is -2.48. The smallest absolute Gasteiger partial charge is 0.257 e. The van der Waals surface area contributed by atoms with Crippen molar-refractivity contribution in [3.8, 4) is 5.69 Å². The quantitative estimate of drug-likeness (QED) is 0.656. The lowest BCUT2D eigenvalue weighted by molar-refractivity contribution is -0.0728. The van der Waals surface area contributed by atoms with Crippen LogP contribution in [0.2, 0.25) is 5.02 Å². The lowest BCUT2D eigenvalue weighted by atomic mass is 9.94. The van der Waals surface area contributed by atoms with Gasteiger partial charge in [-0.2, -0.15) is 5.10 Å². The molecule has 6 nitrogen and oxygen atoms in total. The first-order valence-electron chi connectivity index (χ1n) is 11.8. The molecule has 4 rings (SSSR count). The fourth-order valence-corrected chi connectivity index (χ4v) is 5.28. The van der Waals surface area contributed by atoms with Crippen molar-refractivity contribution in [2.45, 2.75) is 58.7 Å². The van der Waals surface area contributed by atoms with Crippen LogP contribution >= 0.6 is 11.6 Å². The molecule has 32 heavy (non-hydrogen) atoms. The Morgan fingerprint density at radius 3 is 2.34 bits per heavy atom. The average molecular weight is 459 g/mol. The van der Waals surface area contributed by atoms with Gasteiger partial charge in [-0.15, -0.1) is 0 Å². The summed E-state index contributed by atoms with van der Waals surface area (Å²) in [6.45, 7) is 13.3. The highest BCUT2D eigenvalue weighted by Gasteiger charge is 2.30. The maximum atomic E-state index is 13.4. The molecule has 0 radical (unpaired) electrons. The molecule has 0 aliphatic carbocycles. The van der Waals surface area contributed by atoms with E-state index in [2.05, 4.69) is 37.7 Å². The van der Waals surface area contributed by atoms with Gasteiger partial charge in [0.05, 0.1) is 35.3 Å². The summed E-state index contributed by atoms with van der Waals surface area (Å²) in [7, 11) is 0. The highest BCUT2D eigenvalue weighted by atomic mass is 35.5. The molecule has 2 aliphatic rings. The number of halogens is 1. The minimum Gasteiger partial charge on any atom is -0.373 e. The maximum Gasteiger partial charge on any atom is 0.257 e. The fourth-order valence-electron chi connectivity index (χ4n) is 5.15. The molecule has 3 heterocycles. The van der Waals surface area contributed by atoms with E-state index in [1.54, 1.807) is 6.20 Å². The topological polar surface area (TPSA) is 50.6 Å². The second kappa shape index (κ2) is 9.94. The van der Waals surface area contributed by atoms with Gasteiger partial charge in [0, 0.05) is 37.7 Å². The Kier molecular flexibility index (Phi) is 7.23. The second-order valence-corrected chi connectivity index (χ2v) is 10.1. The van der Waals surface area contributed by atoms with Gasteiger partial charge < -0.3 is 9.64 Å². The SMILES string of the molecule is CC1CN(CC2CCN(C(=O)c3cnn(-c4ccc(Cl)cc4)c3C(C)C)CC2)CC(C)O1. The summed E-state index contributed by atoms with van der Waals surface area (Å²) in [4.78, 5) is 18.0. The highest BCUT2D eigenvalue weighted by Crippen LogP contribution is 2.27. The second-order valence-electron chi connectivity index (χ2n) is 9.70. The monoisotopic (exact) mass is 458 g/mol. The number of carbonyl (C=O) groups excluding carboxylic acids is 1. The molecule has 0 bridgehead atoms. The third kappa shape index (κ3) is 5.19. The van der Waals surface area contributed by atoms with E-state index in [-0.39, 0.29) is 11.8 Å². The van der Waals surface area contributed by atoms with E-state index < -0.39 is 0 Å². The lowest BCUT2D eigenvalue weighted by Gasteiger charge is -2.39. The summed E-state index contributed by atoms with van der Waals surface area (Å²) < 4.78 is 7.74. The first-order valence-corrected chi connectivity index (χ1v) is 12.2. The third-order valence-electron chi connectivity index (χ3n) is 6.57. The van der Waals surface area contributed by atoms with Crippen molar-refractivity contribution in [1.29, 1.82) is 0 Å². The number of likely N-dealkylation sites (tertiary alicyclic amines) is 1. The number of nitrogens with zero attached hydrogens (tertiary/aromatic N) is 4. The summed E-state index contributed by atoms with van der Waals surface area (Å²) in [5, 5.41) is 5.25. The molecule has 2 unspecified atom stereocenters. The van der Waals surface area contributed by atoms with Gasteiger partial charge in [0.1, 0.15) is 0 Å². The van der Waals surface area contributed by atoms with Crippen molar-refractivity contribution in [1.82, 2.24) is 19.6 Å². The molecule has 0 saturated carbocycles. The first kappa shape index (κ1) is 23.3. The van der Waals surface area contributed by atoms with Gasteiger partial charge >= 0.3 is 0 Å². The number of ether oxygens (including phenoxy) is 1. The highest BCUT2D eigenvalue weighted by molar-refractivity contribution is 6.30. The molecule has 7 heteroatoms. The van der Waals surface area contributed by atoms with Crippen LogP contribution in [0.5, 0.6) is 0 Å². The van der Waals surface area contributed by atoms with Gasteiger partial charge in [-0.3, -0.25) is 9.69 Å². The summed E-state index contributed by atoms with van der Waals surface area (Å²) in [6, 6.07) is 7.58. The zero-order valence-electron chi connectivity index (χ0n) is 19.6.